The maximum absolute atomic E-state index is 4.21. The third kappa shape index (κ3) is 2.60. The zero-order valence-electron chi connectivity index (χ0n) is 11.0. The SMILES string of the molecule is Cl.c1cncc(-c2csc3cc(-c4cccs4)ccc23)c1. The maximum Gasteiger partial charge on any atom is 0.0355 e. The van der Waals surface area contributed by atoms with Crippen molar-refractivity contribution in [3.63, 3.8) is 0 Å². The topological polar surface area (TPSA) is 12.9 Å². The molecular formula is C17H12ClNS2. The van der Waals surface area contributed by atoms with E-state index in [1.165, 1.54) is 31.7 Å². The number of benzene rings is 1. The van der Waals surface area contributed by atoms with Gasteiger partial charge in [-0.2, -0.15) is 0 Å². The van der Waals surface area contributed by atoms with E-state index >= 15 is 0 Å². The van der Waals surface area contributed by atoms with E-state index in [9.17, 15) is 0 Å². The van der Waals surface area contributed by atoms with Crippen molar-refractivity contribution in [3.05, 3.63) is 65.6 Å². The molecule has 1 aromatic carbocycles. The minimum absolute atomic E-state index is 0. The second-order valence-corrected chi connectivity index (χ2v) is 6.44. The molecular weight excluding hydrogens is 318 g/mol. The molecule has 0 saturated heterocycles. The molecule has 0 N–H and O–H groups in total. The number of hydrogen-bond acceptors (Lipinski definition) is 3. The number of halogens is 1. The summed E-state index contributed by atoms with van der Waals surface area (Å²) in [5, 5.41) is 5.65. The first-order valence-electron chi connectivity index (χ1n) is 6.37. The van der Waals surface area contributed by atoms with Gasteiger partial charge in [0.2, 0.25) is 0 Å². The van der Waals surface area contributed by atoms with Crippen LogP contribution in [0.4, 0.5) is 0 Å². The van der Waals surface area contributed by atoms with Crippen molar-refractivity contribution in [2.24, 2.45) is 0 Å². The number of pyridine rings is 1. The highest BCUT2D eigenvalue weighted by Crippen LogP contribution is 2.36. The van der Waals surface area contributed by atoms with Crippen molar-refractivity contribution in [3.8, 4) is 21.6 Å². The van der Waals surface area contributed by atoms with Gasteiger partial charge in [-0.15, -0.1) is 35.1 Å². The lowest BCUT2D eigenvalue weighted by molar-refractivity contribution is 1.33. The molecule has 0 radical (unpaired) electrons. The average molecular weight is 330 g/mol. The molecule has 4 heteroatoms. The standard InChI is InChI=1S/C17H11NS2.ClH/c1-3-13(10-18-7-1)15-11-20-17-9-12(5-6-14(15)17)16-4-2-8-19-16;/h1-11H;1H. The molecule has 3 heterocycles. The van der Waals surface area contributed by atoms with Gasteiger partial charge >= 0.3 is 0 Å². The molecule has 0 fully saturated rings. The van der Waals surface area contributed by atoms with Gasteiger partial charge < -0.3 is 0 Å². The predicted octanol–water partition coefficient (Wildman–Crippen LogP) is 6.11. The molecule has 0 spiro atoms. The van der Waals surface area contributed by atoms with E-state index in [1.807, 2.05) is 18.5 Å². The van der Waals surface area contributed by atoms with Gasteiger partial charge in [-0.1, -0.05) is 24.3 Å². The Morgan fingerprint density at radius 2 is 1.86 bits per heavy atom. The van der Waals surface area contributed by atoms with Crippen LogP contribution in [0.3, 0.4) is 0 Å². The van der Waals surface area contributed by atoms with Crippen LogP contribution in [-0.4, -0.2) is 4.98 Å². The van der Waals surface area contributed by atoms with E-state index in [2.05, 4.69) is 52.1 Å². The Labute approximate surface area is 137 Å². The number of hydrogen-bond donors (Lipinski definition) is 0. The Morgan fingerprint density at radius 1 is 0.905 bits per heavy atom. The van der Waals surface area contributed by atoms with Crippen molar-refractivity contribution in [1.29, 1.82) is 0 Å². The first-order chi connectivity index (χ1) is 9.92. The predicted molar refractivity (Wildman–Crippen MR) is 95.6 cm³/mol. The number of aromatic nitrogens is 1. The molecule has 4 rings (SSSR count). The fourth-order valence-electron chi connectivity index (χ4n) is 2.37. The number of thiophene rings is 2. The van der Waals surface area contributed by atoms with Crippen molar-refractivity contribution < 1.29 is 0 Å². The van der Waals surface area contributed by atoms with E-state index in [1.54, 1.807) is 22.7 Å². The fourth-order valence-corrected chi connectivity index (χ4v) is 4.10. The Hall–Kier alpha value is -1.68. The van der Waals surface area contributed by atoms with Crippen LogP contribution < -0.4 is 0 Å². The van der Waals surface area contributed by atoms with Crippen molar-refractivity contribution >= 4 is 45.2 Å². The Kier molecular flexibility index (Phi) is 4.06. The van der Waals surface area contributed by atoms with Crippen LogP contribution in [-0.2, 0) is 0 Å². The molecule has 104 valence electrons. The van der Waals surface area contributed by atoms with Gasteiger partial charge in [-0.3, -0.25) is 4.98 Å². The first-order valence-corrected chi connectivity index (χ1v) is 8.13. The van der Waals surface area contributed by atoms with Gasteiger partial charge in [0.15, 0.2) is 0 Å². The molecule has 0 unspecified atom stereocenters. The van der Waals surface area contributed by atoms with E-state index < -0.39 is 0 Å². The summed E-state index contributed by atoms with van der Waals surface area (Å²) in [6.07, 6.45) is 3.74. The highest BCUT2D eigenvalue weighted by Gasteiger charge is 2.08. The normalized spacial score (nSPS) is 10.5. The lowest BCUT2D eigenvalue weighted by Crippen LogP contribution is -1.77. The summed E-state index contributed by atoms with van der Waals surface area (Å²) in [7, 11) is 0. The van der Waals surface area contributed by atoms with Crippen LogP contribution in [0.25, 0.3) is 31.7 Å². The molecule has 0 saturated carbocycles. The van der Waals surface area contributed by atoms with Gasteiger partial charge in [-0.05, 0) is 34.5 Å². The minimum Gasteiger partial charge on any atom is -0.264 e. The van der Waals surface area contributed by atoms with E-state index in [-0.39, 0.29) is 12.4 Å². The monoisotopic (exact) mass is 329 g/mol. The Morgan fingerprint density at radius 3 is 2.62 bits per heavy atom. The van der Waals surface area contributed by atoms with E-state index in [0.29, 0.717) is 0 Å². The molecule has 0 aliphatic heterocycles. The summed E-state index contributed by atoms with van der Waals surface area (Å²) in [5.41, 5.74) is 3.76. The van der Waals surface area contributed by atoms with Gasteiger partial charge in [-0.25, -0.2) is 0 Å². The van der Waals surface area contributed by atoms with E-state index in [4.69, 9.17) is 0 Å². The zero-order chi connectivity index (χ0) is 13.4. The van der Waals surface area contributed by atoms with Crippen LogP contribution >= 0.6 is 35.1 Å². The van der Waals surface area contributed by atoms with Crippen molar-refractivity contribution in [2.75, 3.05) is 0 Å². The van der Waals surface area contributed by atoms with Gasteiger partial charge in [0, 0.05) is 38.5 Å². The van der Waals surface area contributed by atoms with Crippen LogP contribution in [0, 0.1) is 0 Å². The molecule has 0 amide bonds. The molecule has 4 aromatic rings. The molecule has 3 aromatic heterocycles. The van der Waals surface area contributed by atoms with Crippen LogP contribution in [0.2, 0.25) is 0 Å². The zero-order valence-corrected chi connectivity index (χ0v) is 13.5. The molecule has 0 atom stereocenters. The second kappa shape index (κ2) is 5.98. The van der Waals surface area contributed by atoms with Gasteiger partial charge in [0.1, 0.15) is 0 Å². The average Bonchev–Trinajstić information content (AvgIpc) is 3.17. The van der Waals surface area contributed by atoms with Crippen LogP contribution in [0.5, 0.6) is 0 Å². The molecule has 21 heavy (non-hydrogen) atoms. The second-order valence-electron chi connectivity index (χ2n) is 4.58. The van der Waals surface area contributed by atoms with Gasteiger partial charge in [0.05, 0.1) is 0 Å². The Balaban J connectivity index is 0.00000132. The summed E-state index contributed by atoms with van der Waals surface area (Å²) < 4.78 is 1.33. The third-order valence-electron chi connectivity index (χ3n) is 3.35. The molecule has 0 bridgehead atoms. The minimum atomic E-state index is 0. The van der Waals surface area contributed by atoms with Crippen molar-refractivity contribution in [1.82, 2.24) is 4.98 Å². The molecule has 0 aliphatic carbocycles. The van der Waals surface area contributed by atoms with E-state index in [0.717, 1.165) is 0 Å². The van der Waals surface area contributed by atoms with Crippen molar-refractivity contribution in [2.45, 2.75) is 0 Å². The Bertz CT molecular complexity index is 851. The summed E-state index contributed by atoms with van der Waals surface area (Å²) in [5.74, 6) is 0. The van der Waals surface area contributed by atoms with Crippen LogP contribution in [0.1, 0.15) is 0 Å². The van der Waals surface area contributed by atoms with Crippen LogP contribution in [0.15, 0.2) is 65.6 Å². The largest absolute Gasteiger partial charge is 0.264 e. The fraction of sp³-hybridized carbons (Fsp3) is 0. The number of nitrogens with zero attached hydrogens (tertiary/aromatic N) is 1. The molecule has 1 nitrogen and oxygen atoms in total. The highest BCUT2D eigenvalue weighted by molar-refractivity contribution is 7.18. The highest BCUT2D eigenvalue weighted by atomic mass is 35.5. The molecule has 0 aliphatic rings. The summed E-state index contributed by atoms with van der Waals surface area (Å²) in [6.45, 7) is 0. The summed E-state index contributed by atoms with van der Waals surface area (Å²) >= 11 is 3.58. The number of rotatable bonds is 2. The smallest absolute Gasteiger partial charge is 0.0355 e. The van der Waals surface area contributed by atoms with Gasteiger partial charge in [0.25, 0.3) is 0 Å². The lowest BCUT2D eigenvalue weighted by Gasteiger charge is -2.01. The quantitative estimate of drug-likeness (QED) is 0.432. The number of fused-ring (bicyclic) bond motifs is 1. The first kappa shape index (κ1) is 14.3. The summed E-state index contributed by atoms with van der Waals surface area (Å²) in [6, 6.07) is 15.1. The summed E-state index contributed by atoms with van der Waals surface area (Å²) in [4.78, 5) is 5.53. The lowest BCUT2D eigenvalue weighted by atomic mass is 10.0. The third-order valence-corrected chi connectivity index (χ3v) is 5.22. The maximum atomic E-state index is 4.21.